The molecule has 1 N–H and O–H groups in total. The number of nitrogens with one attached hydrogen (secondary N) is 1. The average molecular weight is 441 g/mol. The molecule has 0 aliphatic heterocycles. The molecular weight excluding hydrogens is 416 g/mol. The second-order valence-corrected chi connectivity index (χ2v) is 8.17. The molecule has 0 amide bonds. The van der Waals surface area contributed by atoms with Crippen LogP contribution in [-0.2, 0) is 6.42 Å². The van der Waals surface area contributed by atoms with Crippen LogP contribution in [0.5, 0.6) is 0 Å². The molecule has 1 aliphatic rings. The van der Waals surface area contributed by atoms with Gasteiger partial charge in [-0.1, -0.05) is 59.7 Å². The van der Waals surface area contributed by atoms with Crippen molar-refractivity contribution >= 4 is 6.08 Å². The van der Waals surface area contributed by atoms with Gasteiger partial charge >= 0.3 is 12.4 Å². The third-order valence-corrected chi connectivity index (χ3v) is 5.48. The lowest BCUT2D eigenvalue weighted by Gasteiger charge is -2.18. The summed E-state index contributed by atoms with van der Waals surface area (Å²) in [7, 11) is 0. The predicted octanol–water partition coefficient (Wildman–Crippen LogP) is 7.19. The fraction of sp³-hybridized carbons (Fsp3) is 0.417. The lowest BCUT2D eigenvalue weighted by molar-refractivity contribution is -0.139. The second kappa shape index (κ2) is 9.07. The van der Waals surface area contributed by atoms with Crippen LogP contribution in [0.1, 0.15) is 58.2 Å². The van der Waals surface area contributed by atoms with Gasteiger partial charge in [-0.15, -0.1) is 0 Å². The lowest BCUT2D eigenvalue weighted by Crippen LogP contribution is -2.24. The normalized spacial score (nSPS) is 17.9. The van der Waals surface area contributed by atoms with Gasteiger partial charge < -0.3 is 5.32 Å². The molecule has 2 aromatic carbocycles. The molecule has 0 bridgehead atoms. The summed E-state index contributed by atoms with van der Waals surface area (Å²) in [5.41, 5.74) is 4.28. The molecule has 0 heterocycles. The zero-order valence-electron chi connectivity index (χ0n) is 17.4. The van der Waals surface area contributed by atoms with Gasteiger partial charge in [0, 0.05) is 12.6 Å². The van der Waals surface area contributed by atoms with E-state index in [-0.39, 0.29) is 18.2 Å². The number of allylic oxidation sites excluding steroid dienone is 1. The quantitative estimate of drug-likeness (QED) is 0.468. The SMILES string of the molecule is Cc1cc(C)cc(C(/C=C/c2ccc3c(c2)CCC3NCCC(F)(F)F)C(F)(F)F)c1. The number of halogens is 6. The zero-order valence-corrected chi connectivity index (χ0v) is 17.4. The number of fused-ring (bicyclic) bond motifs is 1. The summed E-state index contributed by atoms with van der Waals surface area (Å²) in [6.07, 6.45) is -5.51. The summed E-state index contributed by atoms with van der Waals surface area (Å²) in [5, 5.41) is 2.93. The Bertz CT molecular complexity index is 922. The van der Waals surface area contributed by atoms with Crippen molar-refractivity contribution in [3.05, 3.63) is 75.9 Å². The van der Waals surface area contributed by atoms with Gasteiger partial charge in [0.15, 0.2) is 0 Å². The topological polar surface area (TPSA) is 12.0 Å². The Morgan fingerprint density at radius 2 is 1.68 bits per heavy atom. The molecule has 0 fully saturated rings. The fourth-order valence-corrected chi connectivity index (χ4v) is 4.15. The number of rotatable bonds is 6. The first-order valence-corrected chi connectivity index (χ1v) is 10.2. The lowest BCUT2D eigenvalue weighted by atomic mass is 9.93. The van der Waals surface area contributed by atoms with Crippen molar-refractivity contribution < 1.29 is 26.3 Å². The molecular formula is C24H25F6N. The highest BCUT2D eigenvalue weighted by Crippen LogP contribution is 2.38. The molecule has 0 aromatic heterocycles. The van der Waals surface area contributed by atoms with Crippen LogP contribution in [-0.4, -0.2) is 18.9 Å². The van der Waals surface area contributed by atoms with Crippen molar-refractivity contribution in [2.24, 2.45) is 0 Å². The van der Waals surface area contributed by atoms with E-state index >= 15 is 0 Å². The van der Waals surface area contributed by atoms with Crippen molar-refractivity contribution in [1.29, 1.82) is 0 Å². The zero-order chi connectivity index (χ0) is 22.8. The predicted molar refractivity (Wildman–Crippen MR) is 110 cm³/mol. The summed E-state index contributed by atoms with van der Waals surface area (Å²) in [6, 6.07) is 10.1. The average Bonchev–Trinajstić information content (AvgIpc) is 3.01. The Labute approximate surface area is 178 Å². The standard InChI is InChI=1S/C24H25F6N/c1-15-11-16(2)13-19(12-15)21(24(28,29)30)7-4-17-3-6-20-18(14-17)5-8-22(20)31-10-9-23(25,26)27/h3-4,6-7,11-14,21-22,31H,5,8-10H2,1-2H3/b7-4+. The first kappa shape index (κ1) is 23.4. The molecule has 0 spiro atoms. The third kappa shape index (κ3) is 6.35. The monoisotopic (exact) mass is 441 g/mol. The number of benzene rings is 2. The minimum Gasteiger partial charge on any atom is -0.310 e. The Kier molecular flexibility index (Phi) is 6.84. The first-order chi connectivity index (χ1) is 14.4. The number of aryl methyl sites for hydroxylation is 3. The fourth-order valence-electron chi connectivity index (χ4n) is 4.15. The molecule has 2 aromatic rings. The maximum atomic E-state index is 13.7. The maximum Gasteiger partial charge on any atom is 0.399 e. The van der Waals surface area contributed by atoms with E-state index in [2.05, 4.69) is 5.32 Å². The molecule has 168 valence electrons. The van der Waals surface area contributed by atoms with Crippen LogP contribution < -0.4 is 5.32 Å². The molecule has 2 unspecified atom stereocenters. The summed E-state index contributed by atoms with van der Waals surface area (Å²) in [5.74, 6) is -1.71. The Hall–Kier alpha value is -2.28. The van der Waals surface area contributed by atoms with Crippen LogP contribution in [0.4, 0.5) is 26.3 Å². The molecule has 3 rings (SSSR count). The van der Waals surface area contributed by atoms with Gasteiger partial charge in [-0.05, 0) is 48.9 Å². The van der Waals surface area contributed by atoms with Crippen molar-refractivity contribution in [2.75, 3.05) is 6.54 Å². The van der Waals surface area contributed by atoms with Crippen LogP contribution >= 0.6 is 0 Å². The van der Waals surface area contributed by atoms with Gasteiger partial charge in [-0.3, -0.25) is 0 Å². The smallest absolute Gasteiger partial charge is 0.310 e. The highest BCUT2D eigenvalue weighted by atomic mass is 19.4. The van der Waals surface area contributed by atoms with Gasteiger partial charge in [0.2, 0.25) is 0 Å². The minimum atomic E-state index is -4.42. The van der Waals surface area contributed by atoms with Gasteiger partial charge in [0.05, 0.1) is 12.3 Å². The Balaban J connectivity index is 1.76. The molecule has 1 nitrogen and oxygen atoms in total. The molecule has 31 heavy (non-hydrogen) atoms. The third-order valence-electron chi connectivity index (χ3n) is 5.48. The van der Waals surface area contributed by atoms with Gasteiger partial charge in [0.1, 0.15) is 0 Å². The number of alkyl halides is 6. The first-order valence-electron chi connectivity index (χ1n) is 10.2. The van der Waals surface area contributed by atoms with Crippen molar-refractivity contribution in [1.82, 2.24) is 5.32 Å². The van der Waals surface area contributed by atoms with Crippen LogP contribution in [0.2, 0.25) is 0 Å². The minimum absolute atomic E-state index is 0.154. The van der Waals surface area contributed by atoms with Crippen molar-refractivity contribution in [2.45, 2.75) is 57.4 Å². The van der Waals surface area contributed by atoms with Crippen LogP contribution in [0.25, 0.3) is 6.08 Å². The van der Waals surface area contributed by atoms with Crippen LogP contribution in [0.15, 0.2) is 42.5 Å². The van der Waals surface area contributed by atoms with E-state index in [1.165, 1.54) is 12.2 Å². The van der Waals surface area contributed by atoms with E-state index in [4.69, 9.17) is 0 Å². The Morgan fingerprint density at radius 1 is 1.00 bits per heavy atom. The van der Waals surface area contributed by atoms with E-state index in [0.717, 1.165) is 22.3 Å². The number of hydrogen-bond acceptors (Lipinski definition) is 1. The summed E-state index contributed by atoms with van der Waals surface area (Å²) < 4.78 is 78.2. The largest absolute Gasteiger partial charge is 0.399 e. The molecule has 0 radical (unpaired) electrons. The summed E-state index contributed by atoms with van der Waals surface area (Å²) in [6.45, 7) is 3.39. The van der Waals surface area contributed by atoms with Crippen LogP contribution in [0.3, 0.4) is 0 Å². The van der Waals surface area contributed by atoms with Gasteiger partial charge in [-0.25, -0.2) is 0 Å². The van der Waals surface area contributed by atoms with Crippen molar-refractivity contribution in [3.63, 3.8) is 0 Å². The van der Waals surface area contributed by atoms with E-state index in [1.807, 2.05) is 12.1 Å². The number of hydrogen-bond donors (Lipinski definition) is 1. The molecule has 0 saturated heterocycles. The van der Waals surface area contributed by atoms with Gasteiger partial charge in [-0.2, -0.15) is 26.3 Å². The summed E-state index contributed by atoms with van der Waals surface area (Å²) >= 11 is 0. The van der Waals surface area contributed by atoms with Crippen LogP contribution in [0, 0.1) is 13.8 Å². The highest BCUT2D eigenvalue weighted by molar-refractivity contribution is 5.55. The molecule has 0 saturated carbocycles. The Morgan fingerprint density at radius 3 is 2.29 bits per heavy atom. The van der Waals surface area contributed by atoms with E-state index in [9.17, 15) is 26.3 Å². The van der Waals surface area contributed by atoms with E-state index < -0.39 is 24.7 Å². The summed E-state index contributed by atoms with van der Waals surface area (Å²) in [4.78, 5) is 0. The highest BCUT2D eigenvalue weighted by Gasteiger charge is 2.39. The van der Waals surface area contributed by atoms with E-state index in [1.54, 1.807) is 38.1 Å². The second-order valence-electron chi connectivity index (χ2n) is 8.17. The van der Waals surface area contributed by atoms with Gasteiger partial charge in [0.25, 0.3) is 0 Å². The van der Waals surface area contributed by atoms with Crippen molar-refractivity contribution in [3.8, 4) is 0 Å². The molecule has 7 heteroatoms. The molecule has 2 atom stereocenters. The van der Waals surface area contributed by atoms with E-state index in [0.29, 0.717) is 18.4 Å². The molecule has 1 aliphatic carbocycles. The maximum absolute atomic E-state index is 13.7.